The van der Waals surface area contributed by atoms with Crippen LogP contribution >= 0.6 is 11.6 Å². The third-order valence-corrected chi connectivity index (χ3v) is 6.04. The molecule has 0 spiro atoms. The average molecular weight is 450 g/mol. The lowest BCUT2D eigenvalue weighted by Gasteiger charge is -2.28. The van der Waals surface area contributed by atoms with Crippen LogP contribution < -0.4 is 20.4 Å². The van der Waals surface area contributed by atoms with E-state index in [4.69, 9.17) is 31.8 Å². The fourth-order valence-corrected chi connectivity index (χ4v) is 4.30. The lowest BCUT2D eigenvalue weighted by atomic mass is 10.1. The van der Waals surface area contributed by atoms with Crippen molar-refractivity contribution in [2.24, 2.45) is 0 Å². The summed E-state index contributed by atoms with van der Waals surface area (Å²) in [5.74, 6) is 1.97. The number of fused-ring (bicyclic) bond motifs is 1. The molecule has 2 aromatic heterocycles. The van der Waals surface area contributed by atoms with Crippen molar-refractivity contribution < 1.29 is 0 Å². The maximum Gasteiger partial charge on any atom is 0.229 e. The highest BCUT2D eigenvalue weighted by atomic mass is 35.5. The summed E-state index contributed by atoms with van der Waals surface area (Å²) >= 11 is 6.51. The van der Waals surface area contributed by atoms with Gasteiger partial charge in [-0.25, -0.2) is 9.97 Å². The number of halogens is 1. The lowest BCUT2D eigenvalue weighted by molar-refractivity contribution is 0.580. The van der Waals surface area contributed by atoms with Crippen molar-refractivity contribution in [3.63, 3.8) is 0 Å². The van der Waals surface area contributed by atoms with Crippen molar-refractivity contribution in [2.75, 3.05) is 54.4 Å². The number of nitriles is 1. The number of nitrogens with zero attached hydrogens (tertiary/aromatic N) is 7. The van der Waals surface area contributed by atoms with Crippen LogP contribution in [0.25, 0.3) is 11.2 Å². The van der Waals surface area contributed by atoms with E-state index in [0.29, 0.717) is 35.0 Å². The van der Waals surface area contributed by atoms with E-state index in [1.807, 2.05) is 18.2 Å². The molecule has 0 unspecified atom stereocenters. The highest BCUT2D eigenvalue weighted by Gasteiger charge is 2.23. The molecule has 0 aliphatic carbocycles. The van der Waals surface area contributed by atoms with Gasteiger partial charge in [0, 0.05) is 45.8 Å². The standard InChI is InChI=1S/C22H24ClN9/c23-18-20(26-14-16-5-3-4-15(12-16)13-24)28-19-17(27-18)21(31-8-1-2-9-31)30-22(29-19)32-10-6-25-7-11-32/h3-5,12,25H,1-2,6-11,14H2,(H,26,28,29,30). The minimum absolute atomic E-state index is 0.285. The Labute approximate surface area is 191 Å². The molecular weight excluding hydrogens is 426 g/mol. The molecule has 5 rings (SSSR count). The molecular formula is C22H24ClN9. The van der Waals surface area contributed by atoms with E-state index in [2.05, 4.69) is 31.5 Å². The van der Waals surface area contributed by atoms with Crippen molar-refractivity contribution in [1.29, 1.82) is 5.26 Å². The molecule has 0 amide bonds. The molecule has 0 atom stereocenters. The van der Waals surface area contributed by atoms with Gasteiger partial charge in [0.15, 0.2) is 28.0 Å². The SMILES string of the molecule is N#Cc1cccc(CNc2nc3nc(N4CCNCC4)nc(N4CCCC4)c3nc2Cl)c1. The van der Waals surface area contributed by atoms with Gasteiger partial charge in [0.05, 0.1) is 11.6 Å². The molecule has 10 heteroatoms. The molecule has 0 bridgehead atoms. The normalized spacial score (nSPS) is 16.4. The first-order valence-electron chi connectivity index (χ1n) is 10.9. The summed E-state index contributed by atoms with van der Waals surface area (Å²) in [6.45, 7) is 5.88. The number of rotatable bonds is 5. The van der Waals surface area contributed by atoms with Crippen LogP contribution in [0.15, 0.2) is 24.3 Å². The number of hydrogen-bond donors (Lipinski definition) is 2. The summed E-state index contributed by atoms with van der Waals surface area (Å²) in [6.07, 6.45) is 2.27. The van der Waals surface area contributed by atoms with Gasteiger partial charge in [-0.3, -0.25) is 0 Å². The molecule has 164 valence electrons. The number of piperazine rings is 1. The second kappa shape index (κ2) is 9.10. The topological polar surface area (TPSA) is 106 Å². The molecule has 9 nitrogen and oxygen atoms in total. The molecule has 3 aromatic rings. The van der Waals surface area contributed by atoms with Gasteiger partial charge in [-0.15, -0.1) is 0 Å². The number of anilines is 3. The van der Waals surface area contributed by atoms with Gasteiger partial charge >= 0.3 is 0 Å². The van der Waals surface area contributed by atoms with Gasteiger partial charge in [0.25, 0.3) is 0 Å². The average Bonchev–Trinajstić information content (AvgIpc) is 3.38. The van der Waals surface area contributed by atoms with Crippen LogP contribution in [0, 0.1) is 11.3 Å². The first kappa shape index (κ1) is 20.7. The van der Waals surface area contributed by atoms with E-state index < -0.39 is 0 Å². The minimum Gasteiger partial charge on any atom is -0.363 e. The van der Waals surface area contributed by atoms with Crippen LogP contribution in [0.3, 0.4) is 0 Å². The summed E-state index contributed by atoms with van der Waals surface area (Å²) in [6, 6.07) is 9.59. The Morgan fingerprint density at radius 2 is 1.84 bits per heavy atom. The van der Waals surface area contributed by atoms with Gasteiger partial charge in [0.1, 0.15) is 0 Å². The molecule has 2 aliphatic heterocycles. The smallest absolute Gasteiger partial charge is 0.229 e. The summed E-state index contributed by atoms with van der Waals surface area (Å²) in [7, 11) is 0. The highest BCUT2D eigenvalue weighted by molar-refractivity contribution is 6.32. The van der Waals surface area contributed by atoms with Crippen LogP contribution in [-0.2, 0) is 6.54 Å². The minimum atomic E-state index is 0.285. The van der Waals surface area contributed by atoms with Crippen molar-refractivity contribution in [3.8, 4) is 6.07 Å². The Morgan fingerprint density at radius 3 is 2.62 bits per heavy atom. The van der Waals surface area contributed by atoms with E-state index in [1.165, 1.54) is 0 Å². The molecule has 0 saturated carbocycles. The lowest BCUT2D eigenvalue weighted by Crippen LogP contribution is -2.44. The zero-order valence-corrected chi connectivity index (χ0v) is 18.4. The second-order valence-electron chi connectivity index (χ2n) is 7.98. The van der Waals surface area contributed by atoms with Crippen LogP contribution in [0.4, 0.5) is 17.6 Å². The van der Waals surface area contributed by atoms with E-state index in [-0.39, 0.29) is 5.15 Å². The Kier molecular flexibility index (Phi) is 5.88. The van der Waals surface area contributed by atoms with Crippen molar-refractivity contribution >= 4 is 40.3 Å². The molecule has 2 N–H and O–H groups in total. The van der Waals surface area contributed by atoms with Crippen LogP contribution in [0.2, 0.25) is 5.15 Å². The largest absolute Gasteiger partial charge is 0.363 e. The molecule has 2 fully saturated rings. The van der Waals surface area contributed by atoms with Gasteiger partial charge in [-0.2, -0.15) is 15.2 Å². The van der Waals surface area contributed by atoms with Crippen LogP contribution in [0.1, 0.15) is 24.0 Å². The molecule has 2 aliphatic rings. The van der Waals surface area contributed by atoms with Crippen molar-refractivity contribution in [2.45, 2.75) is 19.4 Å². The Morgan fingerprint density at radius 1 is 1.03 bits per heavy atom. The Hall–Kier alpha value is -3.22. The molecule has 1 aromatic carbocycles. The van der Waals surface area contributed by atoms with Gasteiger partial charge in [0.2, 0.25) is 5.95 Å². The summed E-state index contributed by atoms with van der Waals surface area (Å²) in [5.41, 5.74) is 2.74. The van der Waals surface area contributed by atoms with E-state index in [1.54, 1.807) is 6.07 Å². The molecule has 4 heterocycles. The fourth-order valence-electron chi connectivity index (χ4n) is 4.11. The summed E-state index contributed by atoms with van der Waals surface area (Å²) in [4.78, 5) is 23.5. The monoisotopic (exact) mass is 449 g/mol. The Balaban J connectivity index is 1.50. The molecule has 2 saturated heterocycles. The second-order valence-corrected chi connectivity index (χ2v) is 8.34. The number of aromatic nitrogens is 4. The number of benzene rings is 1. The van der Waals surface area contributed by atoms with Crippen molar-refractivity contribution in [1.82, 2.24) is 25.3 Å². The van der Waals surface area contributed by atoms with Crippen LogP contribution in [-0.4, -0.2) is 59.2 Å². The predicted octanol–water partition coefficient (Wildman–Crippen LogP) is 2.57. The van der Waals surface area contributed by atoms with Crippen molar-refractivity contribution in [3.05, 3.63) is 40.5 Å². The van der Waals surface area contributed by atoms with E-state index in [0.717, 1.165) is 63.5 Å². The predicted molar refractivity (Wildman–Crippen MR) is 125 cm³/mol. The van der Waals surface area contributed by atoms with Gasteiger partial charge in [-0.05, 0) is 30.5 Å². The third kappa shape index (κ3) is 4.24. The quantitative estimate of drug-likeness (QED) is 0.607. The molecule has 32 heavy (non-hydrogen) atoms. The highest BCUT2D eigenvalue weighted by Crippen LogP contribution is 2.30. The fraction of sp³-hybridized carbons (Fsp3) is 0.409. The van der Waals surface area contributed by atoms with E-state index in [9.17, 15) is 0 Å². The zero-order chi connectivity index (χ0) is 21.9. The third-order valence-electron chi connectivity index (χ3n) is 5.78. The summed E-state index contributed by atoms with van der Waals surface area (Å²) in [5, 5.41) is 16.0. The zero-order valence-electron chi connectivity index (χ0n) is 17.7. The molecule has 0 radical (unpaired) electrons. The number of nitrogens with one attached hydrogen (secondary N) is 2. The van der Waals surface area contributed by atoms with Crippen LogP contribution in [0.5, 0.6) is 0 Å². The number of hydrogen-bond acceptors (Lipinski definition) is 9. The van der Waals surface area contributed by atoms with Gasteiger partial charge in [-0.1, -0.05) is 23.7 Å². The first-order valence-corrected chi connectivity index (χ1v) is 11.3. The summed E-state index contributed by atoms with van der Waals surface area (Å²) < 4.78 is 0. The van der Waals surface area contributed by atoms with Gasteiger partial charge < -0.3 is 20.4 Å². The first-order chi connectivity index (χ1) is 15.7. The maximum atomic E-state index is 9.12. The maximum absolute atomic E-state index is 9.12. The van der Waals surface area contributed by atoms with E-state index >= 15 is 0 Å². The Bertz CT molecular complexity index is 1160.